The van der Waals surface area contributed by atoms with Gasteiger partial charge in [0.1, 0.15) is 6.10 Å². The van der Waals surface area contributed by atoms with Crippen LogP contribution in [0.2, 0.25) is 0 Å². The highest BCUT2D eigenvalue weighted by atomic mass is 16.5. The number of nitrogens with one attached hydrogen (secondary N) is 1. The van der Waals surface area contributed by atoms with Gasteiger partial charge < -0.3 is 14.8 Å². The summed E-state index contributed by atoms with van der Waals surface area (Å²) < 4.78 is 10.8. The van der Waals surface area contributed by atoms with E-state index >= 15 is 0 Å². The highest BCUT2D eigenvalue weighted by Gasteiger charge is 2.49. The lowest BCUT2D eigenvalue weighted by molar-refractivity contribution is -0.155. The summed E-state index contributed by atoms with van der Waals surface area (Å²) in [6, 6.07) is 9.83. The van der Waals surface area contributed by atoms with E-state index in [1.807, 2.05) is 37.3 Å². The molecule has 142 valence electrons. The highest BCUT2D eigenvalue weighted by Crippen LogP contribution is 2.45. The Kier molecular flexibility index (Phi) is 6.40. The zero-order valence-electron chi connectivity index (χ0n) is 15.8. The molecule has 1 aliphatic carbocycles. The molecule has 1 saturated carbocycles. The number of carbonyl (C=O) groups is 3. The molecule has 1 aliphatic rings. The van der Waals surface area contributed by atoms with E-state index in [0.717, 1.165) is 5.56 Å². The number of ether oxygens (including phenoxy) is 2. The minimum Gasteiger partial charge on any atom is -0.465 e. The molecule has 1 amide bonds. The molecule has 2 rings (SSSR count). The molecular formula is C20H27NO5. The van der Waals surface area contributed by atoms with Gasteiger partial charge in [0.2, 0.25) is 5.91 Å². The van der Waals surface area contributed by atoms with Crippen LogP contribution in [0, 0.1) is 5.92 Å². The predicted octanol–water partition coefficient (Wildman–Crippen LogP) is 2.57. The molecule has 0 unspecified atom stereocenters. The van der Waals surface area contributed by atoms with Crippen LogP contribution >= 0.6 is 0 Å². The molecule has 6 heteroatoms. The van der Waals surface area contributed by atoms with Crippen LogP contribution in [0.1, 0.15) is 52.0 Å². The SMILES string of the molecule is CC(=O)N[C@]1(C)[C@H](COC(C)=O)C[C@H](OC(C)=O)C[C@@H]1c1ccccc1. The molecule has 26 heavy (non-hydrogen) atoms. The molecule has 1 fully saturated rings. The number of rotatable bonds is 5. The van der Waals surface area contributed by atoms with Crippen molar-refractivity contribution in [2.24, 2.45) is 5.92 Å². The Balaban J connectivity index is 2.41. The first-order valence-electron chi connectivity index (χ1n) is 8.86. The summed E-state index contributed by atoms with van der Waals surface area (Å²) in [6.45, 7) is 6.36. The van der Waals surface area contributed by atoms with Crippen molar-refractivity contribution in [1.29, 1.82) is 0 Å². The van der Waals surface area contributed by atoms with E-state index in [1.165, 1.54) is 20.8 Å². The van der Waals surface area contributed by atoms with Crippen LogP contribution in [-0.2, 0) is 23.9 Å². The molecule has 0 saturated heterocycles. The smallest absolute Gasteiger partial charge is 0.302 e. The summed E-state index contributed by atoms with van der Waals surface area (Å²) in [5.74, 6) is -1.12. The van der Waals surface area contributed by atoms with E-state index in [4.69, 9.17) is 9.47 Å². The summed E-state index contributed by atoms with van der Waals surface area (Å²) in [7, 11) is 0. The largest absolute Gasteiger partial charge is 0.465 e. The monoisotopic (exact) mass is 361 g/mol. The molecule has 0 aliphatic heterocycles. The van der Waals surface area contributed by atoms with Crippen molar-refractivity contribution in [3.8, 4) is 0 Å². The molecule has 0 spiro atoms. The van der Waals surface area contributed by atoms with Gasteiger partial charge in [0.25, 0.3) is 0 Å². The summed E-state index contributed by atoms with van der Waals surface area (Å²) in [4.78, 5) is 34.8. The Labute approximate surface area is 154 Å². The van der Waals surface area contributed by atoms with E-state index in [9.17, 15) is 14.4 Å². The number of carbonyl (C=O) groups excluding carboxylic acids is 3. The number of benzene rings is 1. The van der Waals surface area contributed by atoms with E-state index in [0.29, 0.717) is 12.8 Å². The molecule has 1 N–H and O–H groups in total. The predicted molar refractivity (Wildman–Crippen MR) is 96.3 cm³/mol. The van der Waals surface area contributed by atoms with Crippen molar-refractivity contribution in [3.63, 3.8) is 0 Å². The third kappa shape index (κ3) is 4.84. The Morgan fingerprint density at radius 2 is 1.73 bits per heavy atom. The zero-order valence-corrected chi connectivity index (χ0v) is 15.8. The quantitative estimate of drug-likeness (QED) is 0.815. The second kappa shape index (κ2) is 8.34. The molecule has 4 atom stereocenters. The van der Waals surface area contributed by atoms with Gasteiger partial charge in [-0.05, 0) is 25.3 Å². The highest BCUT2D eigenvalue weighted by molar-refractivity contribution is 5.74. The van der Waals surface area contributed by atoms with Crippen LogP contribution in [0.5, 0.6) is 0 Å². The number of amides is 1. The van der Waals surface area contributed by atoms with Crippen molar-refractivity contribution in [2.75, 3.05) is 6.61 Å². The molecule has 0 aromatic heterocycles. The van der Waals surface area contributed by atoms with Gasteiger partial charge in [-0.1, -0.05) is 30.3 Å². The maximum Gasteiger partial charge on any atom is 0.302 e. The van der Waals surface area contributed by atoms with Gasteiger partial charge in [-0.2, -0.15) is 0 Å². The van der Waals surface area contributed by atoms with Crippen LogP contribution in [-0.4, -0.2) is 36.1 Å². The van der Waals surface area contributed by atoms with Gasteiger partial charge in [0, 0.05) is 32.6 Å². The van der Waals surface area contributed by atoms with Crippen LogP contribution in [0.25, 0.3) is 0 Å². The van der Waals surface area contributed by atoms with Crippen LogP contribution in [0.15, 0.2) is 30.3 Å². The first-order chi connectivity index (χ1) is 12.2. The van der Waals surface area contributed by atoms with E-state index in [2.05, 4.69) is 5.32 Å². The summed E-state index contributed by atoms with van der Waals surface area (Å²) in [6.07, 6.45) is 0.823. The average Bonchev–Trinajstić information content (AvgIpc) is 2.54. The Morgan fingerprint density at radius 1 is 1.08 bits per heavy atom. The maximum absolute atomic E-state index is 11.9. The first kappa shape index (κ1) is 19.9. The first-order valence-corrected chi connectivity index (χ1v) is 8.86. The summed E-state index contributed by atoms with van der Waals surface area (Å²) in [5, 5.41) is 3.08. The third-order valence-corrected chi connectivity index (χ3v) is 5.09. The van der Waals surface area contributed by atoms with Crippen molar-refractivity contribution in [3.05, 3.63) is 35.9 Å². The Morgan fingerprint density at radius 3 is 2.27 bits per heavy atom. The van der Waals surface area contributed by atoms with E-state index < -0.39 is 5.54 Å². The van der Waals surface area contributed by atoms with Crippen molar-refractivity contribution < 1.29 is 23.9 Å². The van der Waals surface area contributed by atoms with Crippen molar-refractivity contribution in [1.82, 2.24) is 5.32 Å². The fourth-order valence-electron chi connectivity index (χ4n) is 3.98. The van der Waals surface area contributed by atoms with Gasteiger partial charge in [-0.3, -0.25) is 14.4 Å². The second-order valence-corrected chi connectivity index (χ2v) is 7.13. The summed E-state index contributed by atoms with van der Waals surface area (Å²) >= 11 is 0. The molecule has 1 aromatic rings. The fourth-order valence-corrected chi connectivity index (χ4v) is 3.98. The minimum atomic E-state index is -0.626. The molecule has 0 bridgehead atoms. The molecule has 0 heterocycles. The van der Waals surface area contributed by atoms with Crippen LogP contribution in [0.4, 0.5) is 0 Å². The van der Waals surface area contributed by atoms with Crippen LogP contribution < -0.4 is 5.32 Å². The Hall–Kier alpha value is -2.37. The second-order valence-electron chi connectivity index (χ2n) is 7.13. The van der Waals surface area contributed by atoms with Gasteiger partial charge in [-0.15, -0.1) is 0 Å². The molecular weight excluding hydrogens is 334 g/mol. The van der Waals surface area contributed by atoms with Crippen molar-refractivity contribution in [2.45, 2.75) is 58.1 Å². The number of hydrogen-bond donors (Lipinski definition) is 1. The lowest BCUT2D eigenvalue weighted by Gasteiger charge is -2.49. The normalized spacial score (nSPS) is 28.1. The maximum atomic E-state index is 11.9. The molecule has 0 radical (unpaired) electrons. The van der Waals surface area contributed by atoms with Crippen LogP contribution in [0.3, 0.4) is 0 Å². The van der Waals surface area contributed by atoms with E-state index in [-0.39, 0.29) is 42.4 Å². The summed E-state index contributed by atoms with van der Waals surface area (Å²) in [5.41, 5.74) is 0.424. The zero-order chi connectivity index (χ0) is 19.3. The Bertz CT molecular complexity index is 659. The van der Waals surface area contributed by atoms with E-state index in [1.54, 1.807) is 0 Å². The lowest BCUT2D eigenvalue weighted by Crippen LogP contribution is -2.60. The van der Waals surface area contributed by atoms with Gasteiger partial charge in [0.05, 0.1) is 12.1 Å². The van der Waals surface area contributed by atoms with Gasteiger partial charge in [-0.25, -0.2) is 0 Å². The number of esters is 2. The third-order valence-electron chi connectivity index (χ3n) is 5.09. The van der Waals surface area contributed by atoms with Crippen molar-refractivity contribution >= 4 is 17.8 Å². The topological polar surface area (TPSA) is 81.7 Å². The standard InChI is InChI=1S/C20H27NO5/c1-13(22)21-20(4)17(12-25-14(2)23)10-18(26-15(3)24)11-19(20)16-8-6-5-7-9-16/h5-9,17-19H,10-12H2,1-4H3,(H,21,22)/t17-,18-,19+,20+/m0/s1. The van der Waals surface area contributed by atoms with Gasteiger partial charge in [0.15, 0.2) is 0 Å². The molecule has 1 aromatic carbocycles. The minimum absolute atomic E-state index is 0.0775. The fraction of sp³-hybridized carbons (Fsp3) is 0.550. The lowest BCUT2D eigenvalue weighted by atomic mass is 9.63. The molecule has 6 nitrogen and oxygen atoms in total. The average molecular weight is 361 g/mol. The van der Waals surface area contributed by atoms with Gasteiger partial charge >= 0.3 is 11.9 Å². The number of hydrogen-bond acceptors (Lipinski definition) is 5.